The van der Waals surface area contributed by atoms with E-state index < -0.39 is 23.3 Å². The van der Waals surface area contributed by atoms with Gasteiger partial charge in [-0.15, -0.1) is 0 Å². The van der Waals surface area contributed by atoms with Crippen molar-refractivity contribution in [1.82, 2.24) is 0 Å². The summed E-state index contributed by atoms with van der Waals surface area (Å²) in [6, 6.07) is 3.12. The number of alkyl halides is 3. The van der Waals surface area contributed by atoms with Crippen LogP contribution in [-0.2, 0) is 10.9 Å². The Labute approximate surface area is 121 Å². The molecular weight excluding hydrogens is 287 g/mol. The summed E-state index contributed by atoms with van der Waals surface area (Å²) in [4.78, 5) is 12.6. The fourth-order valence-electron chi connectivity index (χ4n) is 2.21. The molecule has 21 heavy (non-hydrogen) atoms. The predicted molar refractivity (Wildman–Crippen MR) is 72.8 cm³/mol. The van der Waals surface area contributed by atoms with Crippen LogP contribution in [0.4, 0.5) is 18.9 Å². The molecule has 0 amide bonds. The zero-order valence-electron chi connectivity index (χ0n) is 12.1. The molecule has 1 atom stereocenters. The van der Waals surface area contributed by atoms with E-state index in [1.54, 1.807) is 4.90 Å². The van der Waals surface area contributed by atoms with E-state index in [1.807, 2.05) is 13.8 Å². The average molecular weight is 305 g/mol. The molecule has 0 spiro atoms. The monoisotopic (exact) mass is 305 g/mol. The van der Waals surface area contributed by atoms with Crippen molar-refractivity contribution < 1.29 is 27.8 Å². The SMILES string of the molecule is CCN(c1ccc(C(=O)O)c(C(F)(F)F)c1)C(C)COC. The Hall–Kier alpha value is -1.76. The maximum atomic E-state index is 13.0. The molecular formula is C14H18F3NO3. The van der Waals surface area contributed by atoms with E-state index >= 15 is 0 Å². The molecule has 0 aromatic heterocycles. The van der Waals surface area contributed by atoms with Crippen LogP contribution in [-0.4, -0.2) is 37.4 Å². The zero-order valence-corrected chi connectivity index (χ0v) is 12.1. The summed E-state index contributed by atoms with van der Waals surface area (Å²) in [6.07, 6.45) is -4.71. The van der Waals surface area contributed by atoms with Gasteiger partial charge in [0.05, 0.1) is 17.7 Å². The van der Waals surface area contributed by atoms with Crippen LogP contribution in [0.1, 0.15) is 29.8 Å². The molecule has 1 aromatic carbocycles. The molecule has 0 heterocycles. The highest BCUT2D eigenvalue weighted by Crippen LogP contribution is 2.35. The number of carbonyl (C=O) groups is 1. The second-order valence-corrected chi connectivity index (χ2v) is 4.62. The van der Waals surface area contributed by atoms with Crippen molar-refractivity contribution in [3.05, 3.63) is 29.3 Å². The number of aromatic carboxylic acids is 1. The number of ether oxygens (including phenoxy) is 1. The lowest BCUT2D eigenvalue weighted by atomic mass is 10.0. The zero-order chi connectivity index (χ0) is 16.2. The Bertz CT molecular complexity index is 503. The Kier molecular flexibility index (Phi) is 5.60. The summed E-state index contributed by atoms with van der Waals surface area (Å²) in [5.41, 5.74) is -1.57. The molecule has 1 unspecified atom stereocenters. The van der Waals surface area contributed by atoms with Crippen LogP contribution >= 0.6 is 0 Å². The Balaban J connectivity index is 3.29. The van der Waals surface area contributed by atoms with Crippen molar-refractivity contribution in [3.8, 4) is 0 Å². The minimum atomic E-state index is -4.71. The molecule has 0 aliphatic rings. The van der Waals surface area contributed by atoms with Gasteiger partial charge in [0.2, 0.25) is 0 Å². The van der Waals surface area contributed by atoms with Gasteiger partial charge in [-0.2, -0.15) is 13.2 Å². The number of carboxylic acid groups (broad SMARTS) is 1. The number of nitrogens with zero attached hydrogens (tertiary/aromatic N) is 1. The Morgan fingerprint density at radius 1 is 1.43 bits per heavy atom. The lowest BCUT2D eigenvalue weighted by Gasteiger charge is -2.30. The van der Waals surface area contributed by atoms with E-state index in [-0.39, 0.29) is 6.04 Å². The van der Waals surface area contributed by atoms with Crippen LogP contribution < -0.4 is 4.90 Å². The first-order valence-corrected chi connectivity index (χ1v) is 6.42. The van der Waals surface area contributed by atoms with E-state index in [0.717, 1.165) is 12.1 Å². The summed E-state index contributed by atoms with van der Waals surface area (Å²) in [6.45, 7) is 4.47. The maximum Gasteiger partial charge on any atom is 0.417 e. The normalized spacial score (nSPS) is 13.0. The van der Waals surface area contributed by atoms with E-state index in [0.29, 0.717) is 18.8 Å². The van der Waals surface area contributed by atoms with Gasteiger partial charge in [0.25, 0.3) is 0 Å². The number of benzene rings is 1. The molecule has 4 nitrogen and oxygen atoms in total. The smallest absolute Gasteiger partial charge is 0.417 e. The minimum absolute atomic E-state index is 0.128. The number of likely N-dealkylation sites (N-methyl/N-ethyl adjacent to an activating group) is 1. The molecule has 1 aromatic rings. The number of hydrogen-bond donors (Lipinski definition) is 1. The second kappa shape index (κ2) is 6.80. The van der Waals surface area contributed by atoms with Crippen molar-refractivity contribution in [3.63, 3.8) is 0 Å². The highest BCUT2D eigenvalue weighted by atomic mass is 19.4. The minimum Gasteiger partial charge on any atom is -0.478 e. The average Bonchev–Trinajstić information content (AvgIpc) is 2.38. The predicted octanol–water partition coefficient (Wildman–Crippen LogP) is 3.26. The largest absolute Gasteiger partial charge is 0.478 e. The molecule has 1 N–H and O–H groups in total. The maximum absolute atomic E-state index is 13.0. The number of hydrogen-bond acceptors (Lipinski definition) is 3. The van der Waals surface area contributed by atoms with E-state index in [2.05, 4.69) is 0 Å². The van der Waals surface area contributed by atoms with Gasteiger partial charge in [-0.05, 0) is 32.0 Å². The van der Waals surface area contributed by atoms with Gasteiger partial charge in [-0.25, -0.2) is 4.79 Å². The Morgan fingerprint density at radius 3 is 2.48 bits per heavy atom. The van der Waals surface area contributed by atoms with Crippen LogP contribution in [0, 0.1) is 0 Å². The molecule has 0 aliphatic heterocycles. The van der Waals surface area contributed by atoms with Gasteiger partial charge in [0.1, 0.15) is 0 Å². The quantitative estimate of drug-likeness (QED) is 0.876. The molecule has 0 radical (unpaired) electrons. The molecule has 0 saturated carbocycles. The molecule has 1 rings (SSSR count). The summed E-state index contributed by atoms with van der Waals surface area (Å²) >= 11 is 0. The van der Waals surface area contributed by atoms with E-state index in [1.165, 1.54) is 13.2 Å². The molecule has 0 fully saturated rings. The van der Waals surface area contributed by atoms with Gasteiger partial charge < -0.3 is 14.7 Å². The van der Waals surface area contributed by atoms with Crippen LogP contribution in [0.5, 0.6) is 0 Å². The fourth-order valence-corrected chi connectivity index (χ4v) is 2.21. The van der Waals surface area contributed by atoms with Crippen LogP contribution in [0.2, 0.25) is 0 Å². The first-order valence-electron chi connectivity index (χ1n) is 6.42. The highest BCUT2D eigenvalue weighted by molar-refractivity contribution is 5.90. The number of rotatable bonds is 6. The van der Waals surface area contributed by atoms with Crippen LogP contribution in [0.3, 0.4) is 0 Å². The molecule has 0 saturated heterocycles. The van der Waals surface area contributed by atoms with E-state index in [4.69, 9.17) is 9.84 Å². The van der Waals surface area contributed by atoms with Gasteiger partial charge >= 0.3 is 12.1 Å². The number of methoxy groups -OCH3 is 1. The van der Waals surface area contributed by atoms with Crippen molar-refractivity contribution >= 4 is 11.7 Å². The second-order valence-electron chi connectivity index (χ2n) is 4.62. The van der Waals surface area contributed by atoms with Crippen LogP contribution in [0.25, 0.3) is 0 Å². The summed E-state index contributed by atoms with van der Waals surface area (Å²) in [5.74, 6) is -1.60. The third kappa shape index (κ3) is 4.10. The van der Waals surface area contributed by atoms with Crippen LogP contribution in [0.15, 0.2) is 18.2 Å². The van der Waals surface area contributed by atoms with Crippen molar-refractivity contribution in [2.45, 2.75) is 26.1 Å². The number of carboxylic acids is 1. The van der Waals surface area contributed by atoms with Gasteiger partial charge in [-0.1, -0.05) is 0 Å². The topological polar surface area (TPSA) is 49.8 Å². The van der Waals surface area contributed by atoms with Crippen molar-refractivity contribution in [2.75, 3.05) is 25.2 Å². The van der Waals surface area contributed by atoms with Gasteiger partial charge in [0, 0.05) is 25.4 Å². The summed E-state index contributed by atoms with van der Waals surface area (Å²) < 4.78 is 44.0. The van der Waals surface area contributed by atoms with Gasteiger partial charge in [-0.3, -0.25) is 0 Å². The molecule has 118 valence electrons. The third-order valence-electron chi connectivity index (χ3n) is 3.15. The fraction of sp³-hybridized carbons (Fsp3) is 0.500. The van der Waals surface area contributed by atoms with Crippen molar-refractivity contribution in [2.24, 2.45) is 0 Å². The van der Waals surface area contributed by atoms with Gasteiger partial charge in [0.15, 0.2) is 0 Å². The van der Waals surface area contributed by atoms with Crippen molar-refractivity contribution in [1.29, 1.82) is 0 Å². The first kappa shape index (κ1) is 17.3. The number of halogens is 3. The molecule has 0 bridgehead atoms. The van der Waals surface area contributed by atoms with E-state index in [9.17, 15) is 18.0 Å². The summed E-state index contributed by atoms with van der Waals surface area (Å²) in [5, 5.41) is 8.88. The first-order chi connectivity index (χ1) is 9.72. The number of anilines is 1. The molecule has 0 aliphatic carbocycles. The highest BCUT2D eigenvalue weighted by Gasteiger charge is 2.36. The lowest BCUT2D eigenvalue weighted by molar-refractivity contribution is -0.138. The Morgan fingerprint density at radius 2 is 2.05 bits per heavy atom. The molecule has 7 heteroatoms. The third-order valence-corrected chi connectivity index (χ3v) is 3.15. The summed E-state index contributed by atoms with van der Waals surface area (Å²) in [7, 11) is 1.51. The lowest BCUT2D eigenvalue weighted by Crippen LogP contribution is -2.36. The standard InChI is InChI=1S/C14H18F3NO3/c1-4-18(9(2)8-21-3)10-5-6-11(13(19)20)12(7-10)14(15,16)17/h5-7,9H,4,8H2,1-3H3,(H,19,20).